The van der Waals surface area contributed by atoms with E-state index in [0.29, 0.717) is 18.5 Å². The van der Waals surface area contributed by atoms with Crippen LogP contribution in [0.2, 0.25) is 0 Å². The van der Waals surface area contributed by atoms with Crippen molar-refractivity contribution in [2.45, 2.75) is 18.4 Å². The normalized spacial score (nSPS) is 18.6. The van der Waals surface area contributed by atoms with Crippen LogP contribution in [-0.2, 0) is 11.2 Å². The van der Waals surface area contributed by atoms with Gasteiger partial charge in [0.2, 0.25) is 5.91 Å². The molecule has 6 nitrogen and oxygen atoms in total. The second-order valence-electron chi connectivity index (χ2n) is 6.95. The van der Waals surface area contributed by atoms with E-state index in [1.54, 1.807) is 30.5 Å². The summed E-state index contributed by atoms with van der Waals surface area (Å²) in [5.41, 5.74) is 3.28. The van der Waals surface area contributed by atoms with Crippen molar-refractivity contribution >= 4 is 11.8 Å². The first kappa shape index (κ1) is 18.0. The molecule has 0 saturated carbocycles. The number of fused-ring (bicyclic) bond motifs is 1. The Hall–Kier alpha value is -3.41. The van der Waals surface area contributed by atoms with Gasteiger partial charge in [0.1, 0.15) is 0 Å². The minimum Gasteiger partial charge on any atom is -0.355 e. The van der Waals surface area contributed by atoms with Crippen LogP contribution < -0.4 is 5.32 Å². The summed E-state index contributed by atoms with van der Waals surface area (Å²) in [6.07, 6.45) is 4.05. The Morgan fingerprint density at radius 3 is 2.64 bits per heavy atom. The van der Waals surface area contributed by atoms with Crippen LogP contribution >= 0.6 is 0 Å². The van der Waals surface area contributed by atoms with Gasteiger partial charge in [-0.25, -0.2) is 4.98 Å². The molecule has 0 bridgehead atoms. The summed E-state index contributed by atoms with van der Waals surface area (Å²) in [7, 11) is 1.76. The molecule has 0 saturated heterocycles. The molecular formula is C22H22N4O2. The number of carbonyl (C=O) groups is 2. The van der Waals surface area contributed by atoms with Crippen molar-refractivity contribution in [3.63, 3.8) is 0 Å². The maximum absolute atomic E-state index is 13.3. The van der Waals surface area contributed by atoms with Crippen molar-refractivity contribution < 1.29 is 9.59 Å². The van der Waals surface area contributed by atoms with Crippen LogP contribution in [0.4, 0.5) is 0 Å². The number of hydrogen-bond acceptors (Lipinski definition) is 3. The van der Waals surface area contributed by atoms with Gasteiger partial charge in [-0.15, -0.1) is 0 Å². The molecule has 142 valence electrons. The van der Waals surface area contributed by atoms with Gasteiger partial charge in [-0.3, -0.25) is 9.59 Å². The van der Waals surface area contributed by atoms with E-state index in [0.717, 1.165) is 16.8 Å². The van der Waals surface area contributed by atoms with E-state index in [-0.39, 0.29) is 17.9 Å². The molecule has 0 radical (unpaired) electrons. The number of hydrogen-bond donors (Lipinski definition) is 2. The molecule has 3 aromatic rings. The SMILES string of the molecule is CN1C(=O)c2ccccc2[C@@H](C(=O)NCCc2cnc[nH]2)[C@@H]1c1ccccc1. The van der Waals surface area contributed by atoms with Crippen LogP contribution in [0.1, 0.15) is 39.1 Å². The third kappa shape index (κ3) is 3.29. The largest absolute Gasteiger partial charge is 0.355 e. The number of aromatic amines is 1. The molecule has 2 heterocycles. The molecule has 2 N–H and O–H groups in total. The second-order valence-corrected chi connectivity index (χ2v) is 6.95. The maximum atomic E-state index is 13.3. The van der Waals surface area contributed by atoms with E-state index in [4.69, 9.17) is 0 Å². The summed E-state index contributed by atoms with van der Waals surface area (Å²) in [5.74, 6) is -0.616. The van der Waals surface area contributed by atoms with E-state index >= 15 is 0 Å². The highest BCUT2D eigenvalue weighted by Crippen LogP contribution is 2.41. The number of aromatic nitrogens is 2. The first-order valence-corrected chi connectivity index (χ1v) is 9.33. The Kier molecular flexibility index (Phi) is 4.93. The van der Waals surface area contributed by atoms with Crippen molar-refractivity contribution in [3.05, 3.63) is 89.5 Å². The molecule has 28 heavy (non-hydrogen) atoms. The lowest BCUT2D eigenvalue weighted by Crippen LogP contribution is -2.45. The van der Waals surface area contributed by atoms with Gasteiger partial charge in [0.25, 0.3) is 5.91 Å². The van der Waals surface area contributed by atoms with Crippen LogP contribution in [0, 0.1) is 0 Å². The molecule has 0 spiro atoms. The van der Waals surface area contributed by atoms with Gasteiger partial charge < -0.3 is 15.2 Å². The van der Waals surface area contributed by atoms with E-state index in [1.807, 2.05) is 48.5 Å². The van der Waals surface area contributed by atoms with E-state index < -0.39 is 5.92 Å². The van der Waals surface area contributed by atoms with Gasteiger partial charge in [-0.05, 0) is 17.2 Å². The lowest BCUT2D eigenvalue weighted by Gasteiger charge is -2.39. The monoisotopic (exact) mass is 374 g/mol. The highest BCUT2D eigenvalue weighted by molar-refractivity contribution is 6.01. The minimum atomic E-state index is -0.469. The Balaban J connectivity index is 1.66. The molecule has 1 aliphatic heterocycles. The van der Waals surface area contributed by atoms with Crippen LogP contribution in [0.3, 0.4) is 0 Å². The van der Waals surface area contributed by atoms with Crippen LogP contribution in [0.5, 0.6) is 0 Å². The molecule has 4 rings (SSSR count). The average Bonchev–Trinajstić information content (AvgIpc) is 3.24. The van der Waals surface area contributed by atoms with Gasteiger partial charge in [-0.2, -0.15) is 0 Å². The third-order valence-corrected chi connectivity index (χ3v) is 5.25. The predicted octanol–water partition coefficient (Wildman–Crippen LogP) is 2.68. The fourth-order valence-electron chi connectivity index (χ4n) is 3.88. The molecule has 2 atom stereocenters. The summed E-state index contributed by atoms with van der Waals surface area (Å²) >= 11 is 0. The highest BCUT2D eigenvalue weighted by Gasteiger charge is 2.42. The summed E-state index contributed by atoms with van der Waals surface area (Å²) < 4.78 is 0. The summed E-state index contributed by atoms with van der Waals surface area (Å²) in [6.45, 7) is 0.499. The number of nitrogens with zero attached hydrogens (tertiary/aromatic N) is 2. The fraction of sp³-hybridized carbons (Fsp3) is 0.227. The molecule has 0 aliphatic carbocycles. The predicted molar refractivity (Wildman–Crippen MR) is 106 cm³/mol. The summed E-state index contributed by atoms with van der Waals surface area (Å²) in [4.78, 5) is 34.9. The van der Waals surface area contributed by atoms with Crippen LogP contribution in [-0.4, -0.2) is 40.3 Å². The lowest BCUT2D eigenvalue weighted by atomic mass is 9.79. The quantitative estimate of drug-likeness (QED) is 0.721. The Morgan fingerprint density at radius 1 is 1.14 bits per heavy atom. The number of rotatable bonds is 5. The Morgan fingerprint density at radius 2 is 1.89 bits per heavy atom. The molecule has 0 fully saturated rings. The summed E-state index contributed by atoms with van der Waals surface area (Å²) in [6, 6.07) is 16.8. The Bertz CT molecular complexity index is 969. The van der Waals surface area contributed by atoms with Gasteiger partial charge in [0, 0.05) is 37.5 Å². The van der Waals surface area contributed by atoms with Gasteiger partial charge in [0.15, 0.2) is 0 Å². The van der Waals surface area contributed by atoms with Gasteiger partial charge in [-0.1, -0.05) is 48.5 Å². The van der Waals surface area contributed by atoms with Gasteiger partial charge in [0.05, 0.1) is 18.3 Å². The third-order valence-electron chi connectivity index (χ3n) is 5.25. The van der Waals surface area contributed by atoms with Crippen molar-refractivity contribution in [1.82, 2.24) is 20.2 Å². The zero-order valence-electron chi connectivity index (χ0n) is 15.6. The van der Waals surface area contributed by atoms with E-state index in [1.165, 1.54) is 0 Å². The smallest absolute Gasteiger partial charge is 0.254 e. The lowest BCUT2D eigenvalue weighted by molar-refractivity contribution is -0.124. The van der Waals surface area contributed by atoms with Crippen LogP contribution in [0.15, 0.2) is 67.1 Å². The zero-order valence-corrected chi connectivity index (χ0v) is 15.6. The molecule has 0 unspecified atom stereocenters. The Labute approximate surface area is 163 Å². The molecule has 2 aromatic carbocycles. The molecule has 1 aliphatic rings. The number of imidazole rings is 1. The van der Waals surface area contributed by atoms with Crippen molar-refractivity contribution in [3.8, 4) is 0 Å². The number of amides is 2. The second kappa shape index (κ2) is 7.68. The number of likely N-dealkylation sites (N-methyl/N-ethyl adjacent to an activating group) is 1. The molecule has 2 amide bonds. The maximum Gasteiger partial charge on any atom is 0.254 e. The number of benzene rings is 2. The molecule has 1 aromatic heterocycles. The molecular weight excluding hydrogens is 352 g/mol. The van der Waals surface area contributed by atoms with Crippen molar-refractivity contribution in [2.75, 3.05) is 13.6 Å². The fourth-order valence-corrected chi connectivity index (χ4v) is 3.88. The number of H-pyrrole nitrogens is 1. The molecule has 6 heteroatoms. The first-order chi connectivity index (χ1) is 13.7. The van der Waals surface area contributed by atoms with Crippen molar-refractivity contribution in [2.24, 2.45) is 0 Å². The number of carbonyl (C=O) groups excluding carboxylic acids is 2. The zero-order chi connectivity index (χ0) is 19.5. The first-order valence-electron chi connectivity index (χ1n) is 9.33. The summed E-state index contributed by atoms with van der Waals surface area (Å²) in [5, 5.41) is 3.04. The van der Waals surface area contributed by atoms with Gasteiger partial charge >= 0.3 is 0 Å². The standard InChI is InChI=1S/C22H22N4O2/c1-26-20(15-7-3-2-4-8-15)19(17-9-5-6-10-18(17)22(26)28)21(27)24-12-11-16-13-23-14-25-16/h2-10,13-14,19-20H,11-12H2,1H3,(H,23,25)(H,24,27)/t19-,20+/m1/s1. The highest BCUT2D eigenvalue weighted by atomic mass is 16.2. The average molecular weight is 374 g/mol. The number of nitrogens with one attached hydrogen (secondary N) is 2. The van der Waals surface area contributed by atoms with Crippen molar-refractivity contribution in [1.29, 1.82) is 0 Å². The van der Waals surface area contributed by atoms with E-state index in [9.17, 15) is 9.59 Å². The van der Waals surface area contributed by atoms with E-state index in [2.05, 4.69) is 15.3 Å². The topological polar surface area (TPSA) is 78.1 Å². The minimum absolute atomic E-state index is 0.0639. The van der Waals surface area contributed by atoms with Crippen LogP contribution in [0.25, 0.3) is 0 Å².